The topological polar surface area (TPSA) is 39.1 Å². The van der Waals surface area contributed by atoms with Crippen molar-refractivity contribution in [3.63, 3.8) is 0 Å². The summed E-state index contributed by atoms with van der Waals surface area (Å²) in [5.41, 5.74) is 3.66. The van der Waals surface area contributed by atoms with E-state index in [-0.39, 0.29) is 5.41 Å². The number of fused-ring (bicyclic) bond motifs is 3. The SMILES string of the molecule is Cc1cc(C(C)(C)C)cc2c1c1cc(Br)ccc1n2S(C)(=O)=O. The van der Waals surface area contributed by atoms with Gasteiger partial charge in [-0.15, -0.1) is 0 Å². The van der Waals surface area contributed by atoms with Crippen molar-refractivity contribution in [2.75, 3.05) is 6.26 Å². The maximum atomic E-state index is 12.4. The molecule has 0 bridgehead atoms. The molecule has 1 aromatic heterocycles. The summed E-state index contributed by atoms with van der Waals surface area (Å²) in [5, 5.41) is 1.96. The van der Waals surface area contributed by atoms with Gasteiger partial charge < -0.3 is 0 Å². The Morgan fingerprint density at radius 3 is 2.26 bits per heavy atom. The van der Waals surface area contributed by atoms with Gasteiger partial charge in [0, 0.05) is 15.2 Å². The molecule has 0 spiro atoms. The molecule has 0 aliphatic carbocycles. The minimum atomic E-state index is -3.40. The summed E-state index contributed by atoms with van der Waals surface area (Å²) >= 11 is 3.49. The second-order valence-electron chi connectivity index (χ2n) is 7.13. The minimum absolute atomic E-state index is 0.0433. The highest BCUT2D eigenvalue weighted by Gasteiger charge is 2.22. The van der Waals surface area contributed by atoms with Gasteiger partial charge in [0.15, 0.2) is 0 Å². The molecule has 3 aromatic rings. The molecule has 0 saturated heterocycles. The van der Waals surface area contributed by atoms with Gasteiger partial charge in [-0.25, -0.2) is 12.4 Å². The van der Waals surface area contributed by atoms with E-state index in [1.165, 1.54) is 10.2 Å². The number of halogens is 1. The molecule has 0 aliphatic rings. The zero-order valence-corrected chi connectivity index (χ0v) is 16.3. The molecule has 0 radical (unpaired) electrons. The molecule has 2 aromatic carbocycles. The van der Waals surface area contributed by atoms with E-state index in [1.807, 2.05) is 31.2 Å². The second-order valence-corrected chi connectivity index (χ2v) is 9.87. The Balaban J connectivity index is 2.62. The number of aryl methyl sites for hydroxylation is 1. The molecule has 0 unspecified atom stereocenters. The quantitative estimate of drug-likeness (QED) is 0.585. The van der Waals surface area contributed by atoms with Crippen LogP contribution in [-0.2, 0) is 15.4 Å². The van der Waals surface area contributed by atoms with E-state index in [1.54, 1.807) is 0 Å². The Morgan fingerprint density at radius 1 is 1.04 bits per heavy atom. The Morgan fingerprint density at radius 2 is 1.70 bits per heavy atom. The molecule has 0 N–H and O–H groups in total. The monoisotopic (exact) mass is 393 g/mol. The maximum Gasteiger partial charge on any atom is 0.236 e. The normalized spacial score (nSPS) is 13.1. The van der Waals surface area contributed by atoms with Crippen LogP contribution in [0.1, 0.15) is 31.9 Å². The summed E-state index contributed by atoms with van der Waals surface area (Å²) in [6, 6.07) is 9.90. The van der Waals surface area contributed by atoms with Crippen LogP contribution in [0.4, 0.5) is 0 Å². The van der Waals surface area contributed by atoms with Crippen molar-refractivity contribution in [3.8, 4) is 0 Å². The third-order valence-electron chi connectivity index (χ3n) is 4.18. The minimum Gasteiger partial charge on any atom is -0.237 e. The highest BCUT2D eigenvalue weighted by atomic mass is 79.9. The Hall–Kier alpha value is -1.33. The molecule has 23 heavy (non-hydrogen) atoms. The van der Waals surface area contributed by atoms with Crippen LogP contribution in [0.3, 0.4) is 0 Å². The zero-order valence-electron chi connectivity index (χ0n) is 13.9. The predicted octanol–water partition coefficient (Wildman–Crippen LogP) is 4.97. The fraction of sp³-hybridized carbons (Fsp3) is 0.333. The van der Waals surface area contributed by atoms with Crippen LogP contribution in [0, 0.1) is 6.92 Å². The van der Waals surface area contributed by atoms with Gasteiger partial charge in [-0.05, 0) is 47.7 Å². The largest absolute Gasteiger partial charge is 0.237 e. The second kappa shape index (κ2) is 5.08. The molecule has 0 aliphatic heterocycles. The highest BCUT2D eigenvalue weighted by molar-refractivity contribution is 9.10. The average Bonchev–Trinajstić information content (AvgIpc) is 2.71. The summed E-state index contributed by atoms with van der Waals surface area (Å²) in [6.45, 7) is 8.46. The zero-order chi connectivity index (χ0) is 17.2. The van der Waals surface area contributed by atoms with E-state index in [0.29, 0.717) is 0 Å². The van der Waals surface area contributed by atoms with Crippen molar-refractivity contribution in [1.29, 1.82) is 0 Å². The number of rotatable bonds is 1. The van der Waals surface area contributed by atoms with Gasteiger partial charge in [-0.2, -0.15) is 0 Å². The van der Waals surface area contributed by atoms with E-state index in [0.717, 1.165) is 37.4 Å². The predicted molar refractivity (Wildman–Crippen MR) is 101 cm³/mol. The third-order valence-corrected chi connectivity index (χ3v) is 5.73. The number of aromatic nitrogens is 1. The number of nitrogens with zero attached hydrogens (tertiary/aromatic N) is 1. The lowest BCUT2D eigenvalue weighted by molar-refractivity contribution is 0.589. The maximum absolute atomic E-state index is 12.4. The Bertz CT molecular complexity index is 1040. The van der Waals surface area contributed by atoms with Crippen molar-refractivity contribution in [2.45, 2.75) is 33.1 Å². The van der Waals surface area contributed by atoms with Gasteiger partial charge in [-0.3, -0.25) is 0 Å². The highest BCUT2D eigenvalue weighted by Crippen LogP contribution is 2.37. The lowest BCUT2D eigenvalue weighted by atomic mass is 9.85. The van der Waals surface area contributed by atoms with Gasteiger partial charge in [-0.1, -0.05) is 42.8 Å². The Labute approximate surface area is 145 Å². The summed E-state index contributed by atoms with van der Waals surface area (Å²) in [7, 11) is -3.40. The Kier molecular flexibility index (Phi) is 3.65. The van der Waals surface area contributed by atoms with Crippen molar-refractivity contribution in [1.82, 2.24) is 3.97 Å². The first kappa shape index (κ1) is 16.5. The van der Waals surface area contributed by atoms with E-state index in [9.17, 15) is 8.42 Å². The molecule has 3 rings (SSSR count). The summed E-state index contributed by atoms with van der Waals surface area (Å²) in [4.78, 5) is 0. The van der Waals surface area contributed by atoms with Crippen LogP contribution in [0.2, 0.25) is 0 Å². The van der Waals surface area contributed by atoms with E-state index in [4.69, 9.17) is 0 Å². The first-order valence-corrected chi connectivity index (χ1v) is 10.1. The van der Waals surface area contributed by atoms with Gasteiger partial charge in [0.2, 0.25) is 10.0 Å². The molecular formula is C18H20BrNO2S. The molecule has 1 heterocycles. The number of hydrogen-bond donors (Lipinski definition) is 0. The molecule has 0 atom stereocenters. The van der Waals surface area contributed by atoms with Crippen LogP contribution in [0.15, 0.2) is 34.8 Å². The van der Waals surface area contributed by atoms with Crippen molar-refractivity contribution in [3.05, 3.63) is 45.9 Å². The van der Waals surface area contributed by atoms with Crippen molar-refractivity contribution < 1.29 is 8.42 Å². The van der Waals surface area contributed by atoms with Crippen LogP contribution < -0.4 is 0 Å². The molecule has 0 fully saturated rings. The first-order valence-electron chi connectivity index (χ1n) is 7.45. The fourth-order valence-electron chi connectivity index (χ4n) is 3.08. The first-order chi connectivity index (χ1) is 10.5. The standard InChI is InChI=1S/C18H20BrNO2S/c1-11-8-12(18(2,3)4)9-16-17(11)14-10-13(19)6-7-15(14)20(16)23(5,21)22/h6-10H,1-5H3. The van der Waals surface area contributed by atoms with Crippen LogP contribution in [0.5, 0.6) is 0 Å². The van der Waals surface area contributed by atoms with E-state index < -0.39 is 10.0 Å². The summed E-state index contributed by atoms with van der Waals surface area (Å²) < 4.78 is 27.3. The van der Waals surface area contributed by atoms with Gasteiger partial charge >= 0.3 is 0 Å². The van der Waals surface area contributed by atoms with E-state index in [2.05, 4.69) is 42.8 Å². The van der Waals surface area contributed by atoms with Crippen molar-refractivity contribution >= 4 is 47.8 Å². The van der Waals surface area contributed by atoms with Crippen molar-refractivity contribution in [2.24, 2.45) is 0 Å². The fourth-order valence-corrected chi connectivity index (χ4v) is 4.46. The number of benzene rings is 2. The average molecular weight is 394 g/mol. The van der Waals surface area contributed by atoms with Gasteiger partial charge in [0.05, 0.1) is 17.3 Å². The van der Waals surface area contributed by atoms with Crippen LogP contribution >= 0.6 is 15.9 Å². The van der Waals surface area contributed by atoms with Gasteiger partial charge in [0.1, 0.15) is 0 Å². The molecule has 0 saturated carbocycles. The summed E-state index contributed by atoms with van der Waals surface area (Å²) in [6.07, 6.45) is 1.26. The summed E-state index contributed by atoms with van der Waals surface area (Å²) in [5.74, 6) is 0. The molecule has 122 valence electrons. The lowest BCUT2D eigenvalue weighted by Crippen LogP contribution is -2.13. The van der Waals surface area contributed by atoms with Gasteiger partial charge in [0.25, 0.3) is 0 Å². The number of hydrogen-bond acceptors (Lipinski definition) is 2. The lowest BCUT2D eigenvalue weighted by Gasteiger charge is -2.20. The third kappa shape index (κ3) is 2.70. The molecular weight excluding hydrogens is 374 g/mol. The molecule has 5 heteroatoms. The van der Waals surface area contributed by atoms with Crippen LogP contribution in [-0.4, -0.2) is 18.6 Å². The smallest absolute Gasteiger partial charge is 0.236 e. The molecule has 3 nitrogen and oxygen atoms in total. The van der Waals surface area contributed by atoms with Crippen LogP contribution in [0.25, 0.3) is 21.8 Å². The van der Waals surface area contributed by atoms with E-state index >= 15 is 0 Å². The molecule has 0 amide bonds.